The van der Waals surface area contributed by atoms with Crippen molar-refractivity contribution >= 4 is 17.5 Å². The van der Waals surface area contributed by atoms with Crippen LogP contribution in [0.2, 0.25) is 0 Å². The molecule has 0 aliphatic heterocycles. The summed E-state index contributed by atoms with van der Waals surface area (Å²) in [6.45, 7) is 0.589. The first kappa shape index (κ1) is 11.3. The lowest BCUT2D eigenvalue weighted by atomic mass is 10.2. The Kier molecular flexibility index (Phi) is 3.34. The lowest BCUT2D eigenvalue weighted by Gasteiger charge is -2.21. The van der Waals surface area contributed by atoms with Gasteiger partial charge in [0.15, 0.2) is 0 Å². The van der Waals surface area contributed by atoms with Crippen LogP contribution in [-0.2, 0) is 0 Å². The van der Waals surface area contributed by atoms with E-state index in [1.807, 2.05) is 4.90 Å². The summed E-state index contributed by atoms with van der Waals surface area (Å²) in [7, 11) is 0. The van der Waals surface area contributed by atoms with Crippen molar-refractivity contribution < 1.29 is 9.90 Å². The third-order valence-corrected chi connectivity index (χ3v) is 2.86. The number of amides is 1. The number of carbonyl (C=O) groups excluding carboxylic acids is 1. The summed E-state index contributed by atoms with van der Waals surface area (Å²) in [4.78, 5) is 13.9. The van der Waals surface area contributed by atoms with Crippen molar-refractivity contribution in [2.45, 2.75) is 18.9 Å². The van der Waals surface area contributed by atoms with E-state index >= 15 is 0 Å². The maximum absolute atomic E-state index is 12.1. The van der Waals surface area contributed by atoms with Crippen LogP contribution in [0.25, 0.3) is 0 Å². The fraction of sp³-hybridized carbons (Fsp3) is 0.417. The molecule has 0 heterocycles. The predicted octanol–water partition coefficient (Wildman–Crippen LogP) is 2.24. The highest BCUT2D eigenvalue weighted by Gasteiger charge is 2.32. The molecular weight excluding hydrogens is 226 g/mol. The number of aromatic hydroxyl groups is 1. The van der Waals surface area contributed by atoms with Crippen molar-refractivity contribution in [2.75, 3.05) is 12.4 Å². The minimum absolute atomic E-state index is 0.00292. The molecule has 1 aliphatic carbocycles. The minimum atomic E-state index is 0.00292. The van der Waals surface area contributed by atoms with Crippen molar-refractivity contribution in [2.24, 2.45) is 0 Å². The molecule has 1 aromatic carbocycles. The Hall–Kier alpha value is -1.22. The molecule has 86 valence electrons. The quantitative estimate of drug-likeness (QED) is 0.819. The van der Waals surface area contributed by atoms with Crippen LogP contribution in [0.5, 0.6) is 5.75 Å². The van der Waals surface area contributed by atoms with Crippen molar-refractivity contribution in [1.29, 1.82) is 0 Å². The van der Waals surface area contributed by atoms with Crippen LogP contribution in [0.1, 0.15) is 23.2 Å². The first-order valence-electron chi connectivity index (χ1n) is 5.38. The highest BCUT2D eigenvalue weighted by atomic mass is 35.5. The van der Waals surface area contributed by atoms with Crippen LogP contribution >= 0.6 is 11.6 Å². The smallest absolute Gasteiger partial charge is 0.254 e. The largest absolute Gasteiger partial charge is 0.508 e. The van der Waals surface area contributed by atoms with Gasteiger partial charge in [-0.2, -0.15) is 0 Å². The summed E-state index contributed by atoms with van der Waals surface area (Å²) in [5.74, 6) is 0.635. The van der Waals surface area contributed by atoms with Crippen LogP contribution in [0.4, 0.5) is 0 Å². The van der Waals surface area contributed by atoms with E-state index < -0.39 is 0 Å². The monoisotopic (exact) mass is 239 g/mol. The van der Waals surface area contributed by atoms with Gasteiger partial charge in [0.05, 0.1) is 0 Å². The van der Waals surface area contributed by atoms with E-state index in [0.717, 1.165) is 12.8 Å². The van der Waals surface area contributed by atoms with Gasteiger partial charge in [0, 0.05) is 24.0 Å². The molecule has 0 atom stereocenters. The van der Waals surface area contributed by atoms with Crippen LogP contribution in [0.15, 0.2) is 24.3 Å². The molecule has 1 saturated carbocycles. The zero-order valence-electron chi connectivity index (χ0n) is 8.90. The molecule has 0 bridgehead atoms. The second-order valence-electron chi connectivity index (χ2n) is 3.97. The molecule has 1 fully saturated rings. The molecule has 0 radical (unpaired) electrons. The number of alkyl halides is 1. The summed E-state index contributed by atoms with van der Waals surface area (Å²) in [6.07, 6.45) is 2.14. The number of nitrogens with zero attached hydrogens (tertiary/aromatic N) is 1. The summed E-state index contributed by atoms with van der Waals surface area (Å²) >= 11 is 5.69. The van der Waals surface area contributed by atoms with E-state index in [0.29, 0.717) is 24.0 Å². The van der Waals surface area contributed by atoms with Crippen LogP contribution < -0.4 is 0 Å². The summed E-state index contributed by atoms with van der Waals surface area (Å²) in [6, 6.07) is 6.70. The molecule has 1 amide bonds. The highest BCUT2D eigenvalue weighted by Crippen LogP contribution is 2.28. The van der Waals surface area contributed by atoms with Gasteiger partial charge in [-0.25, -0.2) is 0 Å². The van der Waals surface area contributed by atoms with Crippen LogP contribution in [-0.4, -0.2) is 34.4 Å². The summed E-state index contributed by atoms with van der Waals surface area (Å²) in [5, 5.41) is 9.16. The lowest BCUT2D eigenvalue weighted by Crippen LogP contribution is -2.34. The third kappa shape index (κ3) is 2.47. The standard InChI is InChI=1S/C12H14ClNO2/c13-7-8-14(10-3-4-10)12(16)9-1-5-11(15)6-2-9/h1-2,5-6,10,15H,3-4,7-8H2. The Bertz CT molecular complexity index is 373. The Balaban J connectivity index is 2.12. The number of carbonyl (C=O) groups is 1. The zero-order valence-corrected chi connectivity index (χ0v) is 9.65. The Labute approximate surface area is 99.6 Å². The van der Waals surface area contributed by atoms with Gasteiger partial charge < -0.3 is 10.0 Å². The average molecular weight is 240 g/mol. The van der Waals surface area contributed by atoms with Gasteiger partial charge in [-0.15, -0.1) is 11.6 Å². The van der Waals surface area contributed by atoms with Crippen molar-refractivity contribution in [3.8, 4) is 5.75 Å². The molecule has 0 spiro atoms. The predicted molar refractivity (Wildman–Crippen MR) is 62.9 cm³/mol. The summed E-state index contributed by atoms with van der Waals surface area (Å²) in [5.41, 5.74) is 0.606. The molecule has 0 saturated heterocycles. The van der Waals surface area contributed by atoms with Gasteiger partial charge >= 0.3 is 0 Å². The normalized spacial score (nSPS) is 14.8. The van der Waals surface area contributed by atoms with E-state index in [1.54, 1.807) is 12.1 Å². The number of rotatable bonds is 4. The molecule has 0 unspecified atom stereocenters. The number of phenols is 1. The SMILES string of the molecule is O=C(c1ccc(O)cc1)N(CCCl)C1CC1. The van der Waals surface area contributed by atoms with Crippen LogP contribution in [0, 0.1) is 0 Å². The number of phenolic OH excluding ortho intramolecular Hbond substituents is 1. The van der Waals surface area contributed by atoms with E-state index in [1.165, 1.54) is 12.1 Å². The first-order valence-corrected chi connectivity index (χ1v) is 5.92. The van der Waals surface area contributed by atoms with Gasteiger partial charge in [0.1, 0.15) is 5.75 Å². The van der Waals surface area contributed by atoms with E-state index in [4.69, 9.17) is 16.7 Å². The minimum Gasteiger partial charge on any atom is -0.508 e. The molecule has 4 heteroatoms. The molecule has 1 aromatic rings. The molecule has 0 aromatic heterocycles. The lowest BCUT2D eigenvalue weighted by molar-refractivity contribution is 0.0753. The second kappa shape index (κ2) is 4.74. The van der Waals surface area contributed by atoms with Crippen molar-refractivity contribution in [3.05, 3.63) is 29.8 Å². The highest BCUT2D eigenvalue weighted by molar-refractivity contribution is 6.18. The van der Waals surface area contributed by atoms with Gasteiger partial charge in [-0.3, -0.25) is 4.79 Å². The Morgan fingerprint density at radius 3 is 2.50 bits per heavy atom. The maximum Gasteiger partial charge on any atom is 0.254 e. The topological polar surface area (TPSA) is 40.5 Å². The Morgan fingerprint density at radius 2 is 2.00 bits per heavy atom. The number of hydrogen-bond acceptors (Lipinski definition) is 2. The molecule has 1 aliphatic rings. The number of halogens is 1. The summed E-state index contributed by atoms with van der Waals surface area (Å²) < 4.78 is 0. The molecule has 16 heavy (non-hydrogen) atoms. The average Bonchev–Trinajstić information content (AvgIpc) is 3.10. The molecule has 1 N–H and O–H groups in total. The van der Waals surface area contributed by atoms with E-state index in [9.17, 15) is 4.79 Å². The van der Waals surface area contributed by atoms with Gasteiger partial charge in [-0.1, -0.05) is 0 Å². The molecule has 3 nitrogen and oxygen atoms in total. The number of benzene rings is 1. The van der Waals surface area contributed by atoms with E-state index in [2.05, 4.69) is 0 Å². The van der Waals surface area contributed by atoms with Gasteiger partial charge in [-0.05, 0) is 37.1 Å². The van der Waals surface area contributed by atoms with E-state index in [-0.39, 0.29) is 11.7 Å². The molecule has 2 rings (SSSR count). The van der Waals surface area contributed by atoms with Crippen LogP contribution in [0.3, 0.4) is 0 Å². The van der Waals surface area contributed by atoms with Gasteiger partial charge in [0.25, 0.3) is 5.91 Å². The number of hydrogen-bond donors (Lipinski definition) is 1. The third-order valence-electron chi connectivity index (χ3n) is 2.69. The van der Waals surface area contributed by atoms with Crippen molar-refractivity contribution in [1.82, 2.24) is 4.90 Å². The Morgan fingerprint density at radius 1 is 1.38 bits per heavy atom. The van der Waals surface area contributed by atoms with Crippen molar-refractivity contribution in [3.63, 3.8) is 0 Å². The second-order valence-corrected chi connectivity index (χ2v) is 4.34. The fourth-order valence-corrected chi connectivity index (χ4v) is 1.88. The molecular formula is C12H14ClNO2. The van der Waals surface area contributed by atoms with Gasteiger partial charge in [0.2, 0.25) is 0 Å². The zero-order chi connectivity index (χ0) is 11.5. The maximum atomic E-state index is 12.1. The fourth-order valence-electron chi connectivity index (χ4n) is 1.70. The first-order chi connectivity index (χ1) is 7.72.